The van der Waals surface area contributed by atoms with Crippen LogP contribution >= 0.6 is 11.6 Å². The van der Waals surface area contributed by atoms with Gasteiger partial charge in [0.2, 0.25) is 65.0 Å². The summed E-state index contributed by atoms with van der Waals surface area (Å²) in [5.41, 5.74) is 9.01. The lowest BCUT2D eigenvalue weighted by Crippen LogP contribution is -2.62. The molecule has 0 saturated carbocycles. The highest BCUT2D eigenvalue weighted by atomic mass is 35.5. The number of amides is 11. The van der Waals surface area contributed by atoms with Gasteiger partial charge >= 0.3 is 0 Å². The van der Waals surface area contributed by atoms with Gasteiger partial charge in [-0.05, 0) is 127 Å². The van der Waals surface area contributed by atoms with E-state index < -0.39 is 132 Å². The van der Waals surface area contributed by atoms with Gasteiger partial charge in [0.25, 0.3) is 0 Å². The molecule has 11 amide bonds. The number of aliphatic hydroxyl groups is 1. The zero-order valence-electron chi connectivity index (χ0n) is 60.9. The van der Waals surface area contributed by atoms with Gasteiger partial charge in [-0.2, -0.15) is 0 Å². The average molecular weight is 1470 g/mol. The molecule has 106 heavy (non-hydrogen) atoms. The van der Waals surface area contributed by atoms with Crippen molar-refractivity contribution in [2.75, 3.05) is 26.7 Å². The number of aromatic amines is 1. The Balaban J connectivity index is 1.05. The number of fused-ring (bicyclic) bond motifs is 2. The van der Waals surface area contributed by atoms with Crippen molar-refractivity contribution in [1.82, 2.24) is 72.6 Å². The van der Waals surface area contributed by atoms with Gasteiger partial charge in [0, 0.05) is 106 Å². The van der Waals surface area contributed by atoms with Crippen molar-refractivity contribution in [2.24, 2.45) is 11.7 Å². The highest BCUT2D eigenvalue weighted by molar-refractivity contribution is 6.30. The first-order valence-corrected chi connectivity index (χ1v) is 36.3. The van der Waals surface area contributed by atoms with Crippen molar-refractivity contribution < 1.29 is 57.8 Å². The van der Waals surface area contributed by atoms with Crippen LogP contribution in [-0.4, -0.2) is 188 Å². The SMILES string of the molecule is CC(=O)NC(Cc1ccc2ccccc2c1)C(=O)NC(Cc1ccc(Cl)cc1)C(=O)NC(Cc1cccnc1)C(=O)NC(CO)C(=O)N(C)C(Cc1cccnc1)C(=O)NC(Cc1c[nH]c2ccccc12)C(=O)NC(CC(C)C)C(=O)NC(CCCCNC(C)C)C(=O)N1CCCC1C(=O)NC(C)C(N)=O. The fourth-order valence-electron chi connectivity index (χ4n) is 12.9. The lowest BCUT2D eigenvalue weighted by molar-refractivity contribution is -0.144. The number of primary amides is 1. The highest BCUT2D eigenvalue weighted by Crippen LogP contribution is 2.24. The van der Waals surface area contributed by atoms with Crippen LogP contribution in [0.4, 0.5) is 0 Å². The largest absolute Gasteiger partial charge is 0.394 e. The molecule has 4 heterocycles. The van der Waals surface area contributed by atoms with Gasteiger partial charge in [0.1, 0.15) is 60.4 Å². The van der Waals surface area contributed by atoms with Gasteiger partial charge in [-0.3, -0.25) is 62.7 Å². The quantitative estimate of drug-likeness (QED) is 0.0246. The zero-order valence-corrected chi connectivity index (χ0v) is 61.6. The summed E-state index contributed by atoms with van der Waals surface area (Å²) in [6.45, 7) is 10.2. The third kappa shape index (κ3) is 23.7. The summed E-state index contributed by atoms with van der Waals surface area (Å²) in [4.78, 5) is 172. The first-order valence-electron chi connectivity index (χ1n) is 35.9. The lowest BCUT2D eigenvalue weighted by atomic mass is 9.99. The zero-order chi connectivity index (χ0) is 76.6. The van der Waals surface area contributed by atoms with Crippen LogP contribution < -0.4 is 53.6 Å². The Hall–Kier alpha value is -10.6. The number of rotatable bonds is 38. The number of likely N-dealkylation sites (tertiary alicyclic amines) is 1. The number of likely N-dealkylation sites (N-methyl/N-ethyl adjacent to an activating group) is 1. The number of carbonyl (C=O) groups is 11. The van der Waals surface area contributed by atoms with Crippen LogP contribution in [0.1, 0.15) is 108 Å². The predicted molar refractivity (Wildman–Crippen MR) is 402 cm³/mol. The van der Waals surface area contributed by atoms with Crippen molar-refractivity contribution in [3.05, 3.63) is 179 Å². The number of nitrogens with one attached hydrogen (secondary N) is 10. The molecular formula is C78H98ClN15O12. The summed E-state index contributed by atoms with van der Waals surface area (Å²) < 4.78 is 0. The Morgan fingerprint density at radius 2 is 1.14 bits per heavy atom. The fourth-order valence-corrected chi connectivity index (χ4v) is 13.0. The number of unbranched alkanes of at least 4 members (excludes halogenated alkanes) is 1. The number of H-pyrrole nitrogens is 1. The predicted octanol–water partition coefficient (Wildman–Crippen LogP) is 3.71. The molecule has 0 aliphatic carbocycles. The van der Waals surface area contributed by atoms with E-state index in [4.69, 9.17) is 17.3 Å². The molecule has 13 N–H and O–H groups in total. The number of aromatic nitrogens is 3. The summed E-state index contributed by atoms with van der Waals surface area (Å²) in [7, 11) is 1.29. The first kappa shape index (κ1) is 81.0. The van der Waals surface area contributed by atoms with Gasteiger partial charge in [-0.1, -0.05) is 124 Å². The van der Waals surface area contributed by atoms with Gasteiger partial charge in [-0.25, -0.2) is 0 Å². The molecule has 1 aliphatic heterocycles. The fraction of sp³-hybridized carbons (Fsp3) is 0.423. The third-order valence-electron chi connectivity index (χ3n) is 18.6. The molecule has 0 radical (unpaired) electrons. The molecule has 10 atom stereocenters. The Kier molecular flexibility index (Phi) is 30.2. The van der Waals surface area contributed by atoms with Crippen LogP contribution in [0.5, 0.6) is 0 Å². The van der Waals surface area contributed by atoms with E-state index in [1.807, 2.05) is 94.4 Å². The molecule has 0 bridgehead atoms. The summed E-state index contributed by atoms with van der Waals surface area (Å²) in [5.74, 6) is -8.41. The van der Waals surface area contributed by atoms with E-state index in [1.165, 1.54) is 50.6 Å². The normalized spacial score (nSPS) is 15.3. The van der Waals surface area contributed by atoms with Gasteiger partial charge in [0.15, 0.2) is 0 Å². The molecule has 1 fully saturated rings. The molecule has 10 unspecified atom stereocenters. The van der Waals surface area contributed by atoms with E-state index >= 15 is 14.4 Å². The van der Waals surface area contributed by atoms with E-state index in [1.54, 1.807) is 54.7 Å². The standard InChI is InChI=1S/C78H98ClN15O12/c1-46(2)35-61(70(98)87-60(23-12-13-33-83-47(3)4)78(106)94-34-16-24-67(94)75(103)85-48(5)69(80)97)88-74(102)65(41-56-44-84-59-22-11-10-21-58(56)59)91-76(104)68(40-53-18-15-32-82-43-53)93(7)77(105)66(45-95)92-73(101)64(39-52-17-14-31-81-42-52)90-72(100)63(37-50-26-29-57(79)30-27-50)89-71(99)62(86-49(6)96)38-51-25-28-54-19-8-9-20-55(54)36-51/h8-11,14-15,17-22,25-32,36,42-44,46-48,60-68,83-84,95H,12-13,16,23-24,33-35,37-41,45H2,1-7H3,(H2,80,97)(H,85,103)(H,86,96)(H,87,98)(H,88,102)(H,89,99)(H,90,100)(H,91,104)(H,92,101). The van der Waals surface area contributed by atoms with Crippen LogP contribution in [0.25, 0.3) is 21.7 Å². The molecular weight excluding hydrogens is 1370 g/mol. The van der Waals surface area contributed by atoms with E-state index in [0.29, 0.717) is 59.5 Å². The third-order valence-corrected chi connectivity index (χ3v) is 18.8. The van der Waals surface area contributed by atoms with E-state index in [0.717, 1.165) is 32.1 Å². The van der Waals surface area contributed by atoms with E-state index in [-0.39, 0.29) is 63.5 Å². The minimum Gasteiger partial charge on any atom is -0.394 e. The number of hydrogen-bond donors (Lipinski definition) is 12. The van der Waals surface area contributed by atoms with Crippen LogP contribution in [-0.2, 0) is 84.8 Å². The monoisotopic (exact) mass is 1470 g/mol. The van der Waals surface area contributed by atoms with Gasteiger partial charge in [-0.15, -0.1) is 0 Å². The maximum Gasteiger partial charge on any atom is 0.247 e. The molecule has 27 nitrogen and oxygen atoms in total. The lowest BCUT2D eigenvalue weighted by Gasteiger charge is -2.33. The second kappa shape index (κ2) is 39.5. The van der Waals surface area contributed by atoms with Crippen molar-refractivity contribution in [3.63, 3.8) is 0 Å². The highest BCUT2D eigenvalue weighted by Gasteiger charge is 2.41. The molecule has 7 aromatic rings. The number of benzene rings is 4. The molecule has 1 aliphatic rings. The van der Waals surface area contributed by atoms with E-state index in [2.05, 4.69) is 62.8 Å². The van der Waals surface area contributed by atoms with Gasteiger partial charge < -0.3 is 73.5 Å². The summed E-state index contributed by atoms with van der Waals surface area (Å²) in [6, 6.07) is 20.7. The minimum atomic E-state index is -1.78. The Bertz CT molecular complexity index is 4180. The number of aliphatic hydroxyl groups excluding tert-OH is 1. The first-order chi connectivity index (χ1) is 50.7. The van der Waals surface area contributed by atoms with Crippen LogP contribution in [0.15, 0.2) is 146 Å². The molecule has 8 rings (SSSR count). The van der Waals surface area contributed by atoms with Gasteiger partial charge in [0.05, 0.1) is 6.61 Å². The number of hydrogen-bond acceptors (Lipinski definition) is 15. The van der Waals surface area contributed by atoms with Crippen molar-refractivity contribution in [1.29, 1.82) is 0 Å². The molecule has 3 aromatic heterocycles. The summed E-state index contributed by atoms with van der Waals surface area (Å²) in [6.07, 6.45) is 9.16. The smallest absolute Gasteiger partial charge is 0.247 e. The second-order valence-corrected chi connectivity index (χ2v) is 28.2. The second-order valence-electron chi connectivity index (χ2n) is 27.7. The molecule has 4 aromatic carbocycles. The number of nitrogens with zero attached hydrogens (tertiary/aromatic N) is 4. The van der Waals surface area contributed by atoms with Crippen molar-refractivity contribution in [3.8, 4) is 0 Å². The molecule has 1 saturated heterocycles. The van der Waals surface area contributed by atoms with Crippen LogP contribution in [0, 0.1) is 5.92 Å². The average Bonchev–Trinajstić information content (AvgIpc) is 1.52. The Morgan fingerprint density at radius 1 is 0.594 bits per heavy atom. The number of pyridine rings is 2. The number of halogens is 1. The number of carbonyl (C=O) groups excluding carboxylic acids is 11. The van der Waals surface area contributed by atoms with E-state index in [9.17, 15) is 43.5 Å². The number of para-hydroxylation sites is 1. The molecule has 0 spiro atoms. The minimum absolute atomic E-state index is 0.0477. The Labute approximate surface area is 621 Å². The van der Waals surface area contributed by atoms with Crippen molar-refractivity contribution in [2.45, 2.75) is 179 Å². The summed E-state index contributed by atoms with van der Waals surface area (Å²) >= 11 is 6.27. The topological polar surface area (TPSA) is 390 Å². The Morgan fingerprint density at radius 3 is 1.75 bits per heavy atom. The maximum atomic E-state index is 15.4. The molecule has 564 valence electrons. The van der Waals surface area contributed by atoms with Crippen molar-refractivity contribution >= 4 is 98.3 Å². The van der Waals surface area contributed by atoms with Crippen LogP contribution in [0.3, 0.4) is 0 Å². The summed E-state index contributed by atoms with van der Waals surface area (Å²) in [5, 5.41) is 39.7. The maximum absolute atomic E-state index is 15.4. The van der Waals surface area contributed by atoms with Crippen LogP contribution in [0.2, 0.25) is 5.02 Å². The molecule has 28 heteroatoms. The number of nitrogens with two attached hydrogens (primary N) is 1.